The molecule has 0 amide bonds. The largest absolute Gasteiger partial charge is 0.406 e. The van der Waals surface area contributed by atoms with Crippen molar-refractivity contribution in [2.24, 2.45) is 0 Å². The second kappa shape index (κ2) is 4.42. The zero-order valence-electron chi connectivity index (χ0n) is 9.31. The van der Waals surface area contributed by atoms with Crippen LogP contribution in [-0.2, 0) is 0 Å². The number of nitrogens with one attached hydrogen (secondary N) is 1. The summed E-state index contributed by atoms with van der Waals surface area (Å²) in [6, 6.07) is 7.26. The molecule has 0 spiro atoms. The van der Waals surface area contributed by atoms with Gasteiger partial charge in [-0.2, -0.15) is 13.2 Å². The molecule has 1 fully saturated rings. The van der Waals surface area contributed by atoms with Crippen LogP contribution in [0.5, 0.6) is 0 Å². The maximum Gasteiger partial charge on any atom is 0.406 e. The molecular formula is C12H13F3IN. The molecular weight excluding hydrogens is 342 g/mol. The van der Waals surface area contributed by atoms with E-state index in [-0.39, 0.29) is 18.9 Å². The molecule has 0 heterocycles. The molecule has 1 N–H and O–H groups in total. The van der Waals surface area contributed by atoms with E-state index in [1.165, 1.54) is 0 Å². The molecule has 1 saturated carbocycles. The van der Waals surface area contributed by atoms with E-state index in [1.807, 2.05) is 24.3 Å². The van der Waals surface area contributed by atoms with Crippen molar-refractivity contribution in [3.05, 3.63) is 33.4 Å². The van der Waals surface area contributed by atoms with Gasteiger partial charge < -0.3 is 0 Å². The first-order chi connectivity index (χ1) is 7.84. The van der Waals surface area contributed by atoms with Crippen molar-refractivity contribution >= 4 is 22.6 Å². The Bertz CT molecular complexity index is 395. The molecule has 2 rings (SSSR count). The summed E-state index contributed by atoms with van der Waals surface area (Å²) in [5, 5.41) is 2.72. The Labute approximate surface area is 112 Å². The summed E-state index contributed by atoms with van der Waals surface area (Å²) < 4.78 is 39.4. The van der Waals surface area contributed by atoms with Crippen molar-refractivity contribution in [2.75, 3.05) is 0 Å². The second-order valence-corrected chi connectivity index (χ2v) is 5.74. The van der Waals surface area contributed by atoms with Crippen molar-refractivity contribution in [1.82, 2.24) is 5.32 Å². The van der Waals surface area contributed by atoms with Gasteiger partial charge in [-0.25, -0.2) is 0 Å². The van der Waals surface area contributed by atoms with E-state index in [1.54, 1.807) is 6.92 Å². The molecule has 1 aliphatic carbocycles. The minimum Gasteiger partial charge on any atom is -0.297 e. The van der Waals surface area contributed by atoms with Crippen molar-refractivity contribution in [3.8, 4) is 0 Å². The first-order valence-corrected chi connectivity index (χ1v) is 6.52. The Balaban J connectivity index is 2.07. The zero-order chi connectivity index (χ0) is 12.7. The van der Waals surface area contributed by atoms with E-state index in [0.717, 1.165) is 9.13 Å². The summed E-state index contributed by atoms with van der Waals surface area (Å²) in [4.78, 5) is 0. The minimum atomic E-state index is -4.15. The highest BCUT2D eigenvalue weighted by Crippen LogP contribution is 2.50. The van der Waals surface area contributed by atoms with Crippen molar-refractivity contribution < 1.29 is 13.2 Å². The smallest absolute Gasteiger partial charge is 0.297 e. The maximum atomic E-state index is 12.8. The molecule has 5 heteroatoms. The maximum absolute atomic E-state index is 12.8. The predicted molar refractivity (Wildman–Crippen MR) is 68.7 cm³/mol. The molecule has 1 aliphatic rings. The molecule has 1 aromatic carbocycles. The number of hydrogen-bond acceptors (Lipinski definition) is 1. The van der Waals surface area contributed by atoms with E-state index < -0.39 is 11.7 Å². The summed E-state index contributed by atoms with van der Waals surface area (Å²) >= 11 is 2.17. The van der Waals surface area contributed by atoms with Gasteiger partial charge in [-0.15, -0.1) is 0 Å². The Hall–Kier alpha value is -0.300. The highest BCUT2D eigenvalue weighted by molar-refractivity contribution is 14.1. The van der Waals surface area contributed by atoms with Crippen LogP contribution in [0.4, 0.5) is 13.2 Å². The Kier molecular flexibility index (Phi) is 3.42. The minimum absolute atomic E-state index is 0.186. The monoisotopic (exact) mass is 355 g/mol. The van der Waals surface area contributed by atoms with Crippen LogP contribution in [0.2, 0.25) is 0 Å². The molecule has 0 aliphatic heterocycles. The average molecular weight is 355 g/mol. The van der Waals surface area contributed by atoms with Crippen molar-refractivity contribution in [1.29, 1.82) is 0 Å². The van der Waals surface area contributed by atoms with E-state index in [9.17, 15) is 13.2 Å². The van der Waals surface area contributed by atoms with Crippen LogP contribution in [0, 0.1) is 3.57 Å². The lowest BCUT2D eigenvalue weighted by Gasteiger charge is -2.25. The van der Waals surface area contributed by atoms with Crippen molar-refractivity contribution in [3.63, 3.8) is 0 Å². The molecule has 0 bridgehead atoms. The highest BCUT2D eigenvalue weighted by Gasteiger charge is 2.63. The fourth-order valence-electron chi connectivity index (χ4n) is 1.88. The fraction of sp³-hybridized carbons (Fsp3) is 0.500. The highest BCUT2D eigenvalue weighted by atomic mass is 127. The second-order valence-electron chi connectivity index (χ2n) is 4.50. The number of alkyl halides is 3. The van der Waals surface area contributed by atoms with Crippen LogP contribution >= 0.6 is 22.6 Å². The molecule has 17 heavy (non-hydrogen) atoms. The topological polar surface area (TPSA) is 12.0 Å². The van der Waals surface area contributed by atoms with Gasteiger partial charge in [0.1, 0.15) is 5.54 Å². The standard InChI is InChI=1S/C12H13F3IN/c1-8(9-2-4-10(16)5-3-9)17-11(6-7-11)12(13,14)15/h2-5,8,17H,6-7H2,1H3. The van der Waals surface area contributed by atoms with Crippen LogP contribution in [-0.4, -0.2) is 11.7 Å². The van der Waals surface area contributed by atoms with Gasteiger partial charge in [-0.1, -0.05) is 12.1 Å². The van der Waals surface area contributed by atoms with Gasteiger partial charge in [0.2, 0.25) is 0 Å². The van der Waals surface area contributed by atoms with Gasteiger partial charge in [0, 0.05) is 9.61 Å². The van der Waals surface area contributed by atoms with Crippen LogP contribution in [0.15, 0.2) is 24.3 Å². The molecule has 0 radical (unpaired) electrons. The molecule has 1 nitrogen and oxygen atoms in total. The van der Waals surface area contributed by atoms with Crippen LogP contribution in [0.25, 0.3) is 0 Å². The molecule has 1 aromatic rings. The van der Waals surface area contributed by atoms with Gasteiger partial charge in [-0.05, 0) is 60.1 Å². The van der Waals surface area contributed by atoms with Gasteiger partial charge >= 0.3 is 6.18 Å². The van der Waals surface area contributed by atoms with Crippen molar-refractivity contribution in [2.45, 2.75) is 37.5 Å². The molecule has 0 aromatic heterocycles. The zero-order valence-corrected chi connectivity index (χ0v) is 11.5. The SMILES string of the molecule is CC(NC1(C(F)(F)F)CC1)c1ccc(I)cc1. The first kappa shape index (κ1) is 13.1. The van der Waals surface area contributed by atoms with E-state index >= 15 is 0 Å². The third-order valence-corrected chi connectivity index (χ3v) is 3.87. The molecule has 1 atom stereocenters. The molecule has 0 saturated heterocycles. The summed E-state index contributed by atoms with van der Waals surface area (Å²) in [7, 11) is 0. The molecule has 94 valence electrons. The van der Waals surface area contributed by atoms with Gasteiger partial charge in [-0.3, -0.25) is 5.32 Å². The number of hydrogen-bond donors (Lipinski definition) is 1. The van der Waals surface area contributed by atoms with Crippen LogP contribution in [0.1, 0.15) is 31.4 Å². The third-order valence-electron chi connectivity index (χ3n) is 3.16. The van der Waals surface area contributed by atoms with E-state index in [0.29, 0.717) is 0 Å². The average Bonchev–Trinajstić information content (AvgIpc) is 2.98. The predicted octanol–water partition coefficient (Wildman–Crippen LogP) is 4.04. The summed E-state index contributed by atoms with van der Waals surface area (Å²) in [5.74, 6) is 0. The number of halogens is 4. The Morgan fingerprint density at radius 1 is 1.24 bits per heavy atom. The summed E-state index contributed by atoms with van der Waals surface area (Å²) in [5.41, 5.74) is -0.754. The quantitative estimate of drug-likeness (QED) is 0.808. The normalized spacial score (nSPS) is 20.1. The number of benzene rings is 1. The third kappa shape index (κ3) is 2.76. The summed E-state index contributed by atoms with van der Waals surface area (Å²) in [6.07, 6.45) is -3.78. The Morgan fingerprint density at radius 3 is 2.18 bits per heavy atom. The molecule has 1 unspecified atom stereocenters. The number of rotatable bonds is 3. The van der Waals surface area contributed by atoms with Gasteiger partial charge in [0.25, 0.3) is 0 Å². The van der Waals surface area contributed by atoms with E-state index in [4.69, 9.17) is 0 Å². The summed E-state index contributed by atoms with van der Waals surface area (Å²) in [6.45, 7) is 1.77. The lowest BCUT2D eigenvalue weighted by Crippen LogP contribution is -2.45. The van der Waals surface area contributed by atoms with Crippen LogP contribution < -0.4 is 5.32 Å². The first-order valence-electron chi connectivity index (χ1n) is 5.44. The van der Waals surface area contributed by atoms with Gasteiger partial charge in [0.05, 0.1) is 0 Å². The lowest BCUT2D eigenvalue weighted by atomic mass is 10.1. The fourth-order valence-corrected chi connectivity index (χ4v) is 2.24. The van der Waals surface area contributed by atoms with Gasteiger partial charge in [0.15, 0.2) is 0 Å². The van der Waals surface area contributed by atoms with Crippen LogP contribution in [0.3, 0.4) is 0 Å². The van der Waals surface area contributed by atoms with E-state index in [2.05, 4.69) is 27.9 Å². The Morgan fingerprint density at radius 2 is 1.76 bits per heavy atom. The lowest BCUT2D eigenvalue weighted by molar-refractivity contribution is -0.167.